The van der Waals surface area contributed by atoms with Crippen LogP contribution in [0.3, 0.4) is 0 Å². The van der Waals surface area contributed by atoms with Gasteiger partial charge in [-0.25, -0.2) is 13.1 Å². The van der Waals surface area contributed by atoms with Gasteiger partial charge in [0.05, 0.1) is 11.5 Å². The van der Waals surface area contributed by atoms with E-state index in [4.69, 9.17) is 4.74 Å². The second-order valence-corrected chi connectivity index (χ2v) is 7.62. The molecule has 6 nitrogen and oxygen atoms in total. The number of rotatable bonds is 8. The molecular weight excluding hydrogens is 352 g/mol. The first-order valence-corrected chi connectivity index (χ1v) is 9.90. The van der Waals surface area contributed by atoms with Crippen molar-refractivity contribution in [3.63, 3.8) is 0 Å². The number of benzene rings is 2. The van der Waals surface area contributed by atoms with Gasteiger partial charge in [-0.15, -0.1) is 0 Å². The van der Waals surface area contributed by atoms with Crippen molar-refractivity contribution in [1.29, 1.82) is 0 Å². The number of carbonyl (C=O) groups excluding carboxylic acids is 1. The van der Waals surface area contributed by atoms with Crippen molar-refractivity contribution >= 4 is 15.9 Å². The zero-order valence-corrected chi connectivity index (χ0v) is 16.0. The third-order valence-corrected chi connectivity index (χ3v) is 5.38. The van der Waals surface area contributed by atoms with Crippen molar-refractivity contribution in [2.45, 2.75) is 25.7 Å². The van der Waals surface area contributed by atoms with E-state index in [-0.39, 0.29) is 23.9 Å². The Bertz CT molecular complexity index is 862. The summed E-state index contributed by atoms with van der Waals surface area (Å²) in [5.74, 6) is 0.434. The fourth-order valence-corrected chi connectivity index (χ4v) is 3.41. The average molecular weight is 376 g/mol. The minimum Gasteiger partial charge on any atom is -0.494 e. The van der Waals surface area contributed by atoms with Crippen molar-refractivity contribution in [2.24, 2.45) is 0 Å². The molecule has 0 saturated carbocycles. The summed E-state index contributed by atoms with van der Waals surface area (Å²) in [4.78, 5) is 12.3. The predicted octanol–water partition coefficient (Wildman–Crippen LogP) is 2.41. The third-order valence-electron chi connectivity index (χ3n) is 3.92. The van der Waals surface area contributed by atoms with Gasteiger partial charge in [-0.05, 0) is 68.3 Å². The van der Waals surface area contributed by atoms with Gasteiger partial charge in [-0.1, -0.05) is 6.07 Å². The van der Waals surface area contributed by atoms with E-state index in [2.05, 4.69) is 10.0 Å². The second kappa shape index (κ2) is 8.82. The first kappa shape index (κ1) is 19.9. The fraction of sp³-hybridized carbons (Fsp3) is 0.316. The number of hydrogen-bond acceptors (Lipinski definition) is 4. The zero-order chi connectivity index (χ0) is 19.2. The summed E-state index contributed by atoms with van der Waals surface area (Å²) in [7, 11) is -3.59. The molecule has 0 bridgehead atoms. The number of ether oxygens (including phenoxy) is 1. The van der Waals surface area contributed by atoms with Crippen LogP contribution in [-0.2, 0) is 10.0 Å². The highest BCUT2D eigenvalue weighted by Crippen LogP contribution is 2.14. The molecular formula is C19H24N2O4S. The minimum atomic E-state index is -3.59. The van der Waals surface area contributed by atoms with Gasteiger partial charge in [-0.3, -0.25) is 4.79 Å². The van der Waals surface area contributed by atoms with Crippen LogP contribution in [-0.4, -0.2) is 34.0 Å². The van der Waals surface area contributed by atoms with E-state index in [1.165, 1.54) is 0 Å². The van der Waals surface area contributed by atoms with E-state index in [0.717, 1.165) is 11.1 Å². The molecule has 0 aliphatic rings. The van der Waals surface area contributed by atoms with E-state index in [1.807, 2.05) is 20.8 Å². The Kier molecular flexibility index (Phi) is 6.76. The zero-order valence-electron chi connectivity index (χ0n) is 15.2. The molecule has 0 aliphatic carbocycles. The van der Waals surface area contributed by atoms with Crippen LogP contribution in [0.4, 0.5) is 0 Å². The lowest BCUT2D eigenvalue weighted by Gasteiger charge is -2.10. The fourth-order valence-electron chi connectivity index (χ4n) is 2.30. The van der Waals surface area contributed by atoms with Crippen molar-refractivity contribution in [2.75, 3.05) is 19.7 Å². The van der Waals surface area contributed by atoms with E-state index in [0.29, 0.717) is 17.9 Å². The highest BCUT2D eigenvalue weighted by molar-refractivity contribution is 7.89. The highest BCUT2D eigenvalue weighted by Gasteiger charge is 2.14. The van der Waals surface area contributed by atoms with Crippen molar-refractivity contribution in [1.82, 2.24) is 10.0 Å². The Labute approximate surface area is 154 Å². The molecule has 2 aromatic carbocycles. The number of hydrogen-bond donors (Lipinski definition) is 2. The SMILES string of the molecule is CCOc1ccc(C(=O)NCCNS(=O)(=O)c2ccc(C)c(C)c2)cc1. The van der Waals surface area contributed by atoms with E-state index in [9.17, 15) is 13.2 Å². The van der Waals surface area contributed by atoms with Crippen LogP contribution in [0.2, 0.25) is 0 Å². The van der Waals surface area contributed by atoms with Gasteiger partial charge in [-0.2, -0.15) is 0 Å². The van der Waals surface area contributed by atoms with Crippen LogP contribution in [0.5, 0.6) is 5.75 Å². The maximum absolute atomic E-state index is 12.3. The average Bonchev–Trinajstić information content (AvgIpc) is 2.61. The maximum Gasteiger partial charge on any atom is 0.251 e. The van der Waals surface area contributed by atoms with Crippen LogP contribution >= 0.6 is 0 Å². The lowest BCUT2D eigenvalue weighted by molar-refractivity contribution is 0.0954. The van der Waals surface area contributed by atoms with Crippen LogP contribution < -0.4 is 14.8 Å². The van der Waals surface area contributed by atoms with E-state index < -0.39 is 10.0 Å². The Balaban J connectivity index is 1.85. The van der Waals surface area contributed by atoms with E-state index in [1.54, 1.807) is 42.5 Å². The van der Waals surface area contributed by atoms with Crippen LogP contribution in [0.25, 0.3) is 0 Å². The summed E-state index contributed by atoms with van der Waals surface area (Å²) in [6.45, 7) is 6.54. The summed E-state index contributed by atoms with van der Waals surface area (Å²) < 4.78 is 32.4. The molecule has 7 heteroatoms. The monoisotopic (exact) mass is 376 g/mol. The molecule has 0 aliphatic heterocycles. The van der Waals surface area contributed by atoms with Gasteiger partial charge >= 0.3 is 0 Å². The molecule has 0 radical (unpaired) electrons. The molecule has 140 valence electrons. The lowest BCUT2D eigenvalue weighted by atomic mass is 10.1. The van der Waals surface area contributed by atoms with Gasteiger partial charge in [0.15, 0.2) is 0 Å². The van der Waals surface area contributed by atoms with Crippen molar-refractivity contribution in [3.8, 4) is 5.75 Å². The summed E-state index contributed by atoms with van der Waals surface area (Å²) >= 11 is 0. The minimum absolute atomic E-state index is 0.109. The Morgan fingerprint density at radius 1 is 1.00 bits per heavy atom. The number of amides is 1. The van der Waals surface area contributed by atoms with Gasteiger partial charge in [0.2, 0.25) is 10.0 Å². The van der Waals surface area contributed by atoms with Crippen LogP contribution in [0.15, 0.2) is 47.4 Å². The maximum atomic E-state index is 12.3. The molecule has 26 heavy (non-hydrogen) atoms. The number of sulfonamides is 1. The standard InChI is InChI=1S/C19H24N2O4S/c1-4-25-17-8-6-16(7-9-17)19(22)20-11-12-21-26(23,24)18-10-5-14(2)15(3)13-18/h5-10,13,21H,4,11-12H2,1-3H3,(H,20,22). The highest BCUT2D eigenvalue weighted by atomic mass is 32.2. The molecule has 0 unspecified atom stereocenters. The van der Waals surface area contributed by atoms with Gasteiger partial charge in [0.1, 0.15) is 5.75 Å². The molecule has 2 aromatic rings. The van der Waals surface area contributed by atoms with Gasteiger partial charge < -0.3 is 10.1 Å². The summed E-state index contributed by atoms with van der Waals surface area (Å²) in [6.07, 6.45) is 0. The molecule has 0 saturated heterocycles. The Morgan fingerprint density at radius 3 is 2.31 bits per heavy atom. The molecule has 0 spiro atoms. The molecule has 0 atom stereocenters. The van der Waals surface area contributed by atoms with Gasteiger partial charge in [0, 0.05) is 18.7 Å². The molecule has 0 heterocycles. The third kappa shape index (κ3) is 5.31. The summed E-state index contributed by atoms with van der Waals surface area (Å²) in [5.41, 5.74) is 2.44. The van der Waals surface area contributed by atoms with Crippen molar-refractivity contribution in [3.05, 3.63) is 59.2 Å². The quantitative estimate of drug-likeness (QED) is 0.693. The molecule has 0 aromatic heterocycles. The van der Waals surface area contributed by atoms with Crippen LogP contribution in [0, 0.1) is 13.8 Å². The largest absolute Gasteiger partial charge is 0.494 e. The number of nitrogens with one attached hydrogen (secondary N) is 2. The molecule has 2 N–H and O–H groups in total. The molecule has 1 amide bonds. The summed E-state index contributed by atoms with van der Waals surface area (Å²) in [6, 6.07) is 11.8. The summed E-state index contributed by atoms with van der Waals surface area (Å²) in [5, 5.41) is 2.69. The number of carbonyl (C=O) groups is 1. The van der Waals surface area contributed by atoms with Crippen LogP contribution in [0.1, 0.15) is 28.4 Å². The number of aryl methyl sites for hydroxylation is 2. The molecule has 0 fully saturated rings. The first-order valence-electron chi connectivity index (χ1n) is 8.41. The lowest BCUT2D eigenvalue weighted by Crippen LogP contribution is -2.34. The Hall–Kier alpha value is -2.38. The van der Waals surface area contributed by atoms with Crippen molar-refractivity contribution < 1.29 is 17.9 Å². The second-order valence-electron chi connectivity index (χ2n) is 5.86. The first-order chi connectivity index (χ1) is 12.3. The topological polar surface area (TPSA) is 84.5 Å². The Morgan fingerprint density at radius 2 is 1.69 bits per heavy atom. The molecule has 2 rings (SSSR count). The van der Waals surface area contributed by atoms with Gasteiger partial charge in [0.25, 0.3) is 5.91 Å². The predicted molar refractivity (Wildman–Crippen MR) is 101 cm³/mol. The smallest absolute Gasteiger partial charge is 0.251 e. The normalized spacial score (nSPS) is 11.2. The van der Waals surface area contributed by atoms with E-state index >= 15 is 0 Å².